The zero-order valence-corrected chi connectivity index (χ0v) is 15.1. The van der Waals surface area contributed by atoms with E-state index >= 15 is 0 Å². The van der Waals surface area contributed by atoms with E-state index in [4.69, 9.17) is 5.73 Å². The summed E-state index contributed by atoms with van der Waals surface area (Å²) < 4.78 is 67.5. The number of carbonyl (C=O) groups is 1. The Hall–Kier alpha value is -1.90. The number of fused-ring (bicyclic) bond motifs is 1. The second kappa shape index (κ2) is 6.86. The fraction of sp³-hybridized carbons (Fsp3) is 0.632. The molecule has 4 nitrogen and oxygen atoms in total. The van der Waals surface area contributed by atoms with Crippen LogP contribution in [0.25, 0.3) is 0 Å². The summed E-state index contributed by atoms with van der Waals surface area (Å²) in [6.07, 6.45) is -4.13. The van der Waals surface area contributed by atoms with Crippen molar-refractivity contribution in [2.75, 3.05) is 24.5 Å². The van der Waals surface area contributed by atoms with Gasteiger partial charge in [-0.3, -0.25) is 9.69 Å². The zero-order chi connectivity index (χ0) is 20.2. The summed E-state index contributed by atoms with van der Waals surface area (Å²) in [7, 11) is 0. The predicted octanol–water partition coefficient (Wildman–Crippen LogP) is 2.96. The lowest BCUT2D eigenvalue weighted by molar-refractivity contribution is -0.137. The van der Waals surface area contributed by atoms with Crippen LogP contribution in [-0.4, -0.2) is 48.7 Å². The van der Waals surface area contributed by atoms with Gasteiger partial charge < -0.3 is 10.6 Å². The standard InChI is InChI=1S/C19H22F5N3O/c20-11-2-4-16(14(5-11)19(22,23)24)26-7-10-1-3-15(13(10)9-26)27-8-12(21)6-17(27)18(25)28/h2,4-5,10,12-13,15,17H,1,3,6-9H2,(H2,25,28)/t10-,12-,13+,15+,17+/m1/s1. The molecule has 3 aliphatic rings. The molecule has 4 rings (SSSR count). The van der Waals surface area contributed by atoms with E-state index in [-0.39, 0.29) is 36.5 Å². The topological polar surface area (TPSA) is 49.6 Å². The highest BCUT2D eigenvalue weighted by atomic mass is 19.4. The van der Waals surface area contributed by atoms with Crippen LogP contribution in [0.5, 0.6) is 0 Å². The number of carbonyl (C=O) groups excluding carboxylic acids is 1. The van der Waals surface area contributed by atoms with Gasteiger partial charge in [0.1, 0.15) is 12.0 Å². The molecule has 2 N–H and O–H groups in total. The molecule has 0 radical (unpaired) electrons. The zero-order valence-electron chi connectivity index (χ0n) is 15.1. The number of amides is 1. The summed E-state index contributed by atoms with van der Waals surface area (Å²) in [5.74, 6) is -1.30. The third-order valence-electron chi connectivity index (χ3n) is 6.47. The van der Waals surface area contributed by atoms with E-state index in [0.717, 1.165) is 18.9 Å². The monoisotopic (exact) mass is 403 g/mol. The first kappa shape index (κ1) is 19.4. The Morgan fingerprint density at radius 3 is 2.57 bits per heavy atom. The van der Waals surface area contributed by atoms with Crippen LogP contribution in [0, 0.1) is 17.7 Å². The smallest absolute Gasteiger partial charge is 0.370 e. The van der Waals surface area contributed by atoms with Gasteiger partial charge in [-0.1, -0.05) is 0 Å². The van der Waals surface area contributed by atoms with Crippen molar-refractivity contribution in [1.29, 1.82) is 0 Å². The molecular formula is C19H22F5N3O. The number of primary amides is 1. The van der Waals surface area contributed by atoms with Crippen LogP contribution in [0.15, 0.2) is 18.2 Å². The number of hydrogen-bond acceptors (Lipinski definition) is 3. The number of nitrogens with zero attached hydrogens (tertiary/aromatic N) is 2. The summed E-state index contributed by atoms with van der Waals surface area (Å²) in [5.41, 5.74) is 4.43. The number of alkyl halides is 4. The lowest BCUT2D eigenvalue weighted by Crippen LogP contribution is -2.48. The number of nitrogens with two attached hydrogens (primary N) is 1. The van der Waals surface area contributed by atoms with Gasteiger partial charge in [-0.05, 0) is 42.9 Å². The summed E-state index contributed by atoms with van der Waals surface area (Å²) in [6.45, 7) is 0.929. The van der Waals surface area contributed by atoms with Crippen LogP contribution in [0.3, 0.4) is 0 Å². The van der Waals surface area contributed by atoms with E-state index in [1.165, 1.54) is 6.07 Å². The van der Waals surface area contributed by atoms with E-state index in [1.54, 1.807) is 4.90 Å². The highest BCUT2D eigenvalue weighted by molar-refractivity contribution is 5.80. The molecule has 1 aromatic rings. The SMILES string of the molecule is NC(=O)[C@@H]1C[C@@H](F)CN1[C@H]1CC[C@@H]2CN(c3ccc(F)cc3C(F)(F)F)C[C@@H]21. The van der Waals surface area contributed by atoms with Crippen LogP contribution < -0.4 is 10.6 Å². The van der Waals surface area contributed by atoms with E-state index in [0.29, 0.717) is 19.2 Å². The summed E-state index contributed by atoms with van der Waals surface area (Å²) in [6, 6.07) is 1.99. The molecule has 154 valence electrons. The highest BCUT2D eigenvalue weighted by Crippen LogP contribution is 2.46. The minimum absolute atomic E-state index is 0.0262. The van der Waals surface area contributed by atoms with Crippen LogP contribution >= 0.6 is 0 Å². The van der Waals surface area contributed by atoms with Crippen molar-refractivity contribution >= 4 is 11.6 Å². The fourth-order valence-electron chi connectivity index (χ4n) is 5.31. The Morgan fingerprint density at radius 1 is 1.14 bits per heavy atom. The Morgan fingerprint density at radius 2 is 1.89 bits per heavy atom. The molecule has 1 saturated carbocycles. The Labute approximate surface area is 159 Å². The molecule has 2 aliphatic heterocycles. The highest BCUT2D eigenvalue weighted by Gasteiger charge is 2.50. The van der Waals surface area contributed by atoms with Crippen molar-refractivity contribution in [1.82, 2.24) is 4.90 Å². The quantitative estimate of drug-likeness (QED) is 0.790. The molecule has 0 bridgehead atoms. The molecular weight excluding hydrogens is 381 g/mol. The summed E-state index contributed by atoms with van der Waals surface area (Å²) >= 11 is 0. The van der Waals surface area contributed by atoms with Crippen LogP contribution in [-0.2, 0) is 11.0 Å². The largest absolute Gasteiger partial charge is 0.418 e. The molecule has 2 heterocycles. The van der Waals surface area contributed by atoms with Gasteiger partial charge >= 0.3 is 6.18 Å². The van der Waals surface area contributed by atoms with Crippen molar-refractivity contribution in [3.05, 3.63) is 29.6 Å². The van der Waals surface area contributed by atoms with Gasteiger partial charge in [0.15, 0.2) is 0 Å². The molecule has 0 unspecified atom stereocenters. The van der Waals surface area contributed by atoms with Crippen LogP contribution in [0.4, 0.5) is 27.6 Å². The van der Waals surface area contributed by atoms with Gasteiger partial charge in [0, 0.05) is 37.8 Å². The van der Waals surface area contributed by atoms with Crippen molar-refractivity contribution in [2.24, 2.45) is 17.6 Å². The molecule has 0 spiro atoms. The predicted molar refractivity (Wildman–Crippen MR) is 92.8 cm³/mol. The second-order valence-corrected chi connectivity index (χ2v) is 8.08. The van der Waals surface area contributed by atoms with Gasteiger partial charge in [0.2, 0.25) is 5.91 Å². The van der Waals surface area contributed by atoms with Crippen LogP contribution in [0.2, 0.25) is 0 Å². The Balaban J connectivity index is 1.57. The number of likely N-dealkylation sites (tertiary alicyclic amines) is 1. The lowest BCUT2D eigenvalue weighted by atomic mass is 9.96. The maximum absolute atomic E-state index is 13.9. The van der Waals surface area contributed by atoms with E-state index in [9.17, 15) is 26.7 Å². The molecule has 9 heteroatoms. The first-order chi connectivity index (χ1) is 13.1. The normalized spacial score (nSPS) is 33.5. The molecule has 1 amide bonds. The Bertz CT molecular complexity index is 770. The van der Waals surface area contributed by atoms with Crippen molar-refractivity contribution in [3.8, 4) is 0 Å². The number of hydrogen-bond donors (Lipinski definition) is 1. The van der Waals surface area contributed by atoms with Gasteiger partial charge in [0.05, 0.1) is 11.6 Å². The van der Waals surface area contributed by atoms with E-state index in [2.05, 4.69) is 0 Å². The second-order valence-electron chi connectivity index (χ2n) is 8.08. The fourth-order valence-corrected chi connectivity index (χ4v) is 5.31. The molecule has 3 fully saturated rings. The number of halogens is 5. The molecule has 28 heavy (non-hydrogen) atoms. The number of rotatable bonds is 3. The van der Waals surface area contributed by atoms with E-state index < -0.39 is 35.7 Å². The first-order valence-corrected chi connectivity index (χ1v) is 9.46. The molecule has 1 aliphatic carbocycles. The first-order valence-electron chi connectivity index (χ1n) is 9.46. The molecule has 2 saturated heterocycles. The maximum atomic E-state index is 13.9. The minimum atomic E-state index is -4.65. The molecule has 1 aromatic carbocycles. The van der Waals surface area contributed by atoms with Crippen molar-refractivity contribution in [2.45, 2.75) is 43.7 Å². The summed E-state index contributed by atoms with van der Waals surface area (Å²) in [5, 5.41) is 0. The Kier molecular flexibility index (Phi) is 4.76. The third kappa shape index (κ3) is 3.33. The number of anilines is 1. The number of benzene rings is 1. The van der Waals surface area contributed by atoms with Crippen LogP contribution in [0.1, 0.15) is 24.8 Å². The van der Waals surface area contributed by atoms with Gasteiger partial charge in [-0.15, -0.1) is 0 Å². The average Bonchev–Trinajstić information content (AvgIpc) is 3.27. The van der Waals surface area contributed by atoms with Crippen molar-refractivity contribution in [3.63, 3.8) is 0 Å². The van der Waals surface area contributed by atoms with Gasteiger partial charge in [-0.25, -0.2) is 8.78 Å². The van der Waals surface area contributed by atoms with Crippen molar-refractivity contribution < 1.29 is 26.7 Å². The van der Waals surface area contributed by atoms with Gasteiger partial charge in [-0.2, -0.15) is 13.2 Å². The third-order valence-corrected chi connectivity index (χ3v) is 6.47. The van der Waals surface area contributed by atoms with Gasteiger partial charge in [0.25, 0.3) is 0 Å². The van der Waals surface area contributed by atoms with E-state index in [1.807, 2.05) is 4.90 Å². The minimum Gasteiger partial charge on any atom is -0.370 e. The average molecular weight is 403 g/mol. The lowest BCUT2D eigenvalue weighted by Gasteiger charge is -2.33. The maximum Gasteiger partial charge on any atom is 0.418 e. The molecule has 5 atom stereocenters. The summed E-state index contributed by atoms with van der Waals surface area (Å²) in [4.78, 5) is 15.2. The molecule has 0 aromatic heterocycles.